The zero-order chi connectivity index (χ0) is 15.9. The van der Waals surface area contributed by atoms with E-state index >= 15 is 0 Å². The van der Waals surface area contributed by atoms with Gasteiger partial charge in [0.1, 0.15) is 0 Å². The van der Waals surface area contributed by atoms with Crippen LogP contribution in [0.25, 0.3) is 0 Å². The molecule has 1 aliphatic rings. The standard InChI is InChI=1S/C12H18N2O6S/c1-3-5-13-11(15)19-9-7-21(17,18)8-10(9)20-12(16)14-6-4-2/h3-4,9-10H,1-2,5-8H2,(H,13,15)(H,14,16). The summed E-state index contributed by atoms with van der Waals surface area (Å²) in [5.74, 6) is -0.762. The number of amides is 2. The van der Waals surface area contributed by atoms with Crippen LogP contribution in [0, 0.1) is 0 Å². The van der Waals surface area contributed by atoms with Crippen molar-refractivity contribution in [1.82, 2.24) is 10.6 Å². The third-order valence-corrected chi connectivity index (χ3v) is 4.22. The van der Waals surface area contributed by atoms with Crippen molar-refractivity contribution in [2.45, 2.75) is 12.2 Å². The molecule has 9 heteroatoms. The van der Waals surface area contributed by atoms with Gasteiger partial charge in [-0.05, 0) is 0 Å². The first-order valence-corrected chi connectivity index (χ1v) is 8.01. The minimum Gasteiger partial charge on any atom is -0.441 e. The summed E-state index contributed by atoms with van der Waals surface area (Å²) >= 11 is 0. The van der Waals surface area contributed by atoms with Crippen molar-refractivity contribution < 1.29 is 27.5 Å². The highest BCUT2D eigenvalue weighted by Crippen LogP contribution is 2.19. The molecule has 0 aromatic rings. The van der Waals surface area contributed by atoms with Crippen molar-refractivity contribution in [1.29, 1.82) is 0 Å². The number of nitrogens with one attached hydrogen (secondary N) is 2. The van der Waals surface area contributed by atoms with E-state index < -0.39 is 34.2 Å². The van der Waals surface area contributed by atoms with Crippen molar-refractivity contribution in [2.24, 2.45) is 0 Å². The molecule has 0 aromatic heterocycles. The van der Waals surface area contributed by atoms with Crippen LogP contribution in [0.4, 0.5) is 9.59 Å². The van der Waals surface area contributed by atoms with Crippen LogP contribution in [0.15, 0.2) is 25.3 Å². The fourth-order valence-corrected chi connectivity index (χ4v) is 3.37. The van der Waals surface area contributed by atoms with Crippen molar-refractivity contribution >= 4 is 22.0 Å². The number of hydrogen-bond acceptors (Lipinski definition) is 6. The lowest BCUT2D eigenvalue weighted by Gasteiger charge is -2.19. The summed E-state index contributed by atoms with van der Waals surface area (Å²) in [7, 11) is -3.43. The average Bonchev–Trinajstić information content (AvgIpc) is 2.68. The summed E-state index contributed by atoms with van der Waals surface area (Å²) in [6.45, 7) is 7.21. The van der Waals surface area contributed by atoms with Gasteiger partial charge in [-0.1, -0.05) is 12.2 Å². The van der Waals surface area contributed by atoms with Gasteiger partial charge in [-0.15, -0.1) is 13.2 Å². The fourth-order valence-electron chi connectivity index (χ4n) is 1.67. The molecule has 0 saturated carbocycles. The summed E-state index contributed by atoms with van der Waals surface area (Å²) < 4.78 is 33.1. The number of carbonyl (C=O) groups is 2. The lowest BCUT2D eigenvalue weighted by molar-refractivity contribution is 0.0182. The number of hydrogen-bond donors (Lipinski definition) is 2. The number of alkyl carbamates (subject to hydrolysis) is 2. The molecular weight excluding hydrogens is 300 g/mol. The predicted octanol–water partition coefficient (Wildman–Crippen LogP) is -0.0236. The molecule has 2 atom stereocenters. The van der Waals surface area contributed by atoms with Crippen molar-refractivity contribution in [3.05, 3.63) is 25.3 Å². The quantitative estimate of drug-likeness (QED) is 0.666. The van der Waals surface area contributed by atoms with Gasteiger partial charge in [0.25, 0.3) is 0 Å². The Bertz CT molecular complexity index is 476. The predicted molar refractivity (Wildman–Crippen MR) is 75.6 cm³/mol. The molecule has 1 saturated heterocycles. The molecule has 2 amide bonds. The van der Waals surface area contributed by atoms with E-state index in [0.717, 1.165) is 0 Å². The van der Waals surface area contributed by atoms with Gasteiger partial charge in [0.05, 0.1) is 11.5 Å². The Balaban J connectivity index is 2.61. The molecule has 0 aliphatic carbocycles. The maximum atomic E-state index is 11.6. The van der Waals surface area contributed by atoms with Gasteiger partial charge >= 0.3 is 12.2 Å². The van der Waals surface area contributed by atoms with Crippen molar-refractivity contribution in [3.63, 3.8) is 0 Å². The van der Waals surface area contributed by atoms with E-state index in [4.69, 9.17) is 9.47 Å². The van der Waals surface area contributed by atoms with Crippen molar-refractivity contribution in [3.8, 4) is 0 Å². The molecular formula is C12H18N2O6S. The van der Waals surface area contributed by atoms with Gasteiger partial charge in [-0.25, -0.2) is 18.0 Å². The molecule has 1 fully saturated rings. The highest BCUT2D eigenvalue weighted by Gasteiger charge is 2.42. The van der Waals surface area contributed by atoms with Crippen LogP contribution in [0.1, 0.15) is 0 Å². The Hall–Kier alpha value is -2.03. The Morgan fingerprint density at radius 2 is 1.38 bits per heavy atom. The fraction of sp³-hybridized carbons (Fsp3) is 0.500. The van der Waals surface area contributed by atoms with Gasteiger partial charge in [0.2, 0.25) is 0 Å². The third kappa shape index (κ3) is 5.86. The molecule has 0 aromatic carbocycles. The minimum absolute atomic E-state index is 0.184. The second kappa shape index (κ2) is 7.67. The first-order valence-electron chi connectivity index (χ1n) is 6.19. The zero-order valence-electron chi connectivity index (χ0n) is 11.4. The number of sulfone groups is 1. The number of rotatable bonds is 6. The lowest BCUT2D eigenvalue weighted by Crippen LogP contribution is -2.39. The van der Waals surface area contributed by atoms with Crippen LogP contribution >= 0.6 is 0 Å². The molecule has 118 valence electrons. The van der Waals surface area contributed by atoms with E-state index in [1.165, 1.54) is 12.2 Å². The normalized spacial score (nSPS) is 22.9. The summed E-state index contributed by atoms with van der Waals surface area (Å²) in [5.41, 5.74) is 0. The molecule has 8 nitrogen and oxygen atoms in total. The Labute approximate surface area is 123 Å². The lowest BCUT2D eigenvalue weighted by atomic mass is 10.2. The van der Waals surface area contributed by atoms with E-state index in [-0.39, 0.29) is 24.6 Å². The van der Waals surface area contributed by atoms with Crippen LogP contribution in [-0.4, -0.2) is 57.4 Å². The summed E-state index contributed by atoms with van der Waals surface area (Å²) in [6.07, 6.45) is -0.759. The molecule has 1 aliphatic heterocycles. The van der Waals surface area contributed by atoms with E-state index in [9.17, 15) is 18.0 Å². The zero-order valence-corrected chi connectivity index (χ0v) is 12.2. The summed E-state index contributed by atoms with van der Waals surface area (Å²) in [6, 6.07) is 0. The Morgan fingerprint density at radius 3 is 1.71 bits per heavy atom. The Morgan fingerprint density at radius 1 is 1.00 bits per heavy atom. The van der Waals surface area contributed by atoms with Gasteiger partial charge in [-0.3, -0.25) is 0 Å². The topological polar surface area (TPSA) is 111 Å². The van der Waals surface area contributed by atoms with E-state index in [1.807, 2.05) is 0 Å². The second-order valence-corrected chi connectivity index (χ2v) is 6.46. The molecule has 1 heterocycles. The van der Waals surface area contributed by atoms with Crippen LogP contribution < -0.4 is 10.6 Å². The van der Waals surface area contributed by atoms with Crippen molar-refractivity contribution in [2.75, 3.05) is 24.6 Å². The smallest absolute Gasteiger partial charge is 0.407 e. The SMILES string of the molecule is C=CCNC(=O)OC1CS(=O)(=O)CC1OC(=O)NCC=C. The highest BCUT2D eigenvalue weighted by atomic mass is 32.2. The largest absolute Gasteiger partial charge is 0.441 e. The molecule has 0 bridgehead atoms. The van der Waals surface area contributed by atoms with Gasteiger partial charge in [0, 0.05) is 13.1 Å². The van der Waals surface area contributed by atoms with Gasteiger partial charge < -0.3 is 20.1 Å². The maximum absolute atomic E-state index is 11.6. The van der Waals surface area contributed by atoms with Gasteiger partial charge in [-0.2, -0.15) is 0 Å². The monoisotopic (exact) mass is 318 g/mol. The first kappa shape index (κ1) is 17.0. The average molecular weight is 318 g/mol. The van der Waals surface area contributed by atoms with Crippen LogP contribution in [0.5, 0.6) is 0 Å². The molecule has 21 heavy (non-hydrogen) atoms. The second-order valence-electron chi connectivity index (χ2n) is 4.30. The summed E-state index contributed by atoms with van der Waals surface area (Å²) in [5, 5.41) is 4.70. The van der Waals surface area contributed by atoms with E-state index in [1.54, 1.807) is 0 Å². The van der Waals surface area contributed by atoms with Gasteiger partial charge in [0.15, 0.2) is 22.0 Å². The van der Waals surface area contributed by atoms with Crippen LogP contribution in [-0.2, 0) is 19.3 Å². The first-order chi connectivity index (χ1) is 9.88. The molecule has 0 spiro atoms. The van der Waals surface area contributed by atoms with Crippen LogP contribution in [0.2, 0.25) is 0 Å². The highest BCUT2D eigenvalue weighted by molar-refractivity contribution is 7.91. The number of ether oxygens (including phenoxy) is 2. The molecule has 1 rings (SSSR count). The number of carbonyl (C=O) groups excluding carboxylic acids is 2. The Kier molecular flexibility index (Phi) is 6.22. The maximum Gasteiger partial charge on any atom is 0.407 e. The summed E-state index contributed by atoms with van der Waals surface area (Å²) in [4.78, 5) is 22.9. The molecule has 0 radical (unpaired) electrons. The van der Waals surface area contributed by atoms with Crippen LogP contribution in [0.3, 0.4) is 0 Å². The third-order valence-electron chi connectivity index (χ3n) is 2.55. The molecule has 2 N–H and O–H groups in total. The van der Waals surface area contributed by atoms with E-state index in [0.29, 0.717) is 0 Å². The minimum atomic E-state index is -3.43. The molecule has 2 unspecified atom stereocenters. The van der Waals surface area contributed by atoms with E-state index in [2.05, 4.69) is 23.8 Å².